The Morgan fingerprint density at radius 2 is 1.70 bits per heavy atom. The van der Waals surface area contributed by atoms with Crippen LogP contribution in [-0.4, -0.2) is 18.2 Å². The predicted octanol–water partition coefficient (Wildman–Crippen LogP) is 1.33. The van der Waals surface area contributed by atoms with E-state index in [0.29, 0.717) is 6.04 Å². The Morgan fingerprint density at radius 3 is 2.00 bits per heavy atom. The van der Waals surface area contributed by atoms with Crippen molar-refractivity contribution in [1.29, 1.82) is 0 Å². The van der Waals surface area contributed by atoms with Crippen molar-refractivity contribution < 1.29 is 0 Å². The summed E-state index contributed by atoms with van der Waals surface area (Å²) in [4.78, 5) is 0. The molecule has 0 aliphatic heterocycles. The molecule has 0 aromatic heterocycles. The fourth-order valence-corrected chi connectivity index (χ4v) is 0.520. The second-order valence-electron chi connectivity index (χ2n) is 3.96. The molecule has 2 nitrogen and oxygen atoms in total. The average Bonchev–Trinajstić information content (AvgIpc) is 1.59. The van der Waals surface area contributed by atoms with Crippen molar-refractivity contribution in [3.63, 3.8) is 0 Å². The van der Waals surface area contributed by atoms with Crippen LogP contribution in [0.3, 0.4) is 0 Å². The monoisotopic (exact) mass is 144 g/mol. The SMILES string of the molecule is CC(C)NCNC(C)(C)C. The van der Waals surface area contributed by atoms with Crippen LogP contribution in [0.15, 0.2) is 0 Å². The summed E-state index contributed by atoms with van der Waals surface area (Å²) >= 11 is 0. The first-order valence-corrected chi connectivity index (χ1v) is 3.90. The van der Waals surface area contributed by atoms with Crippen LogP contribution >= 0.6 is 0 Å². The highest BCUT2D eigenvalue weighted by molar-refractivity contribution is 4.69. The van der Waals surface area contributed by atoms with Gasteiger partial charge in [0.15, 0.2) is 0 Å². The lowest BCUT2D eigenvalue weighted by Crippen LogP contribution is -2.43. The lowest BCUT2D eigenvalue weighted by atomic mass is 10.1. The van der Waals surface area contributed by atoms with E-state index in [2.05, 4.69) is 45.3 Å². The molecule has 0 heterocycles. The summed E-state index contributed by atoms with van der Waals surface area (Å²) in [6.07, 6.45) is 0. The Hall–Kier alpha value is -0.0800. The van der Waals surface area contributed by atoms with E-state index < -0.39 is 0 Å². The van der Waals surface area contributed by atoms with Gasteiger partial charge in [-0.25, -0.2) is 0 Å². The number of hydrogen-bond donors (Lipinski definition) is 2. The summed E-state index contributed by atoms with van der Waals surface area (Å²) in [5, 5.41) is 6.63. The van der Waals surface area contributed by atoms with Gasteiger partial charge in [0.05, 0.1) is 0 Å². The van der Waals surface area contributed by atoms with Crippen molar-refractivity contribution in [1.82, 2.24) is 10.6 Å². The fourth-order valence-electron chi connectivity index (χ4n) is 0.520. The summed E-state index contributed by atoms with van der Waals surface area (Å²) in [7, 11) is 0. The van der Waals surface area contributed by atoms with Gasteiger partial charge in [-0.1, -0.05) is 0 Å². The molecule has 0 aromatic carbocycles. The van der Waals surface area contributed by atoms with Crippen LogP contribution in [0.25, 0.3) is 0 Å². The average molecular weight is 144 g/mol. The van der Waals surface area contributed by atoms with Gasteiger partial charge in [0.25, 0.3) is 0 Å². The molecular weight excluding hydrogens is 124 g/mol. The highest BCUT2D eigenvalue weighted by Gasteiger charge is 2.06. The van der Waals surface area contributed by atoms with Gasteiger partial charge in [0.2, 0.25) is 0 Å². The third-order valence-corrected chi connectivity index (χ3v) is 1.13. The number of hydrogen-bond acceptors (Lipinski definition) is 2. The van der Waals surface area contributed by atoms with Gasteiger partial charge >= 0.3 is 0 Å². The molecule has 0 aliphatic rings. The smallest absolute Gasteiger partial charge is 0.0460 e. The molecule has 0 radical (unpaired) electrons. The van der Waals surface area contributed by atoms with E-state index in [-0.39, 0.29) is 5.54 Å². The second kappa shape index (κ2) is 3.94. The molecular formula is C8H20N2. The molecule has 62 valence electrons. The maximum atomic E-state index is 3.34. The lowest BCUT2D eigenvalue weighted by molar-refractivity contribution is 0.391. The standard InChI is InChI=1S/C8H20N2/c1-7(2)9-6-10-8(3,4)5/h7,9-10H,6H2,1-5H3. The first kappa shape index (κ1) is 9.92. The maximum Gasteiger partial charge on any atom is 0.0460 e. The minimum absolute atomic E-state index is 0.224. The highest BCUT2D eigenvalue weighted by Crippen LogP contribution is 1.95. The highest BCUT2D eigenvalue weighted by atomic mass is 15.1. The molecule has 0 saturated heterocycles. The molecule has 2 heteroatoms. The summed E-state index contributed by atoms with van der Waals surface area (Å²) < 4.78 is 0. The van der Waals surface area contributed by atoms with E-state index in [1.165, 1.54) is 0 Å². The molecule has 0 fully saturated rings. The third-order valence-electron chi connectivity index (χ3n) is 1.13. The Kier molecular flexibility index (Phi) is 3.91. The number of nitrogens with one attached hydrogen (secondary N) is 2. The molecule has 0 spiro atoms. The predicted molar refractivity (Wildman–Crippen MR) is 46.0 cm³/mol. The fraction of sp³-hybridized carbons (Fsp3) is 1.00. The Labute approximate surface area is 64.4 Å². The zero-order valence-corrected chi connectivity index (χ0v) is 7.78. The van der Waals surface area contributed by atoms with Crippen LogP contribution in [0.1, 0.15) is 34.6 Å². The summed E-state index contributed by atoms with van der Waals surface area (Å²) in [6.45, 7) is 11.7. The van der Waals surface area contributed by atoms with Crippen molar-refractivity contribution in [2.45, 2.75) is 46.2 Å². The van der Waals surface area contributed by atoms with Crippen LogP contribution < -0.4 is 10.6 Å². The topological polar surface area (TPSA) is 24.1 Å². The van der Waals surface area contributed by atoms with Gasteiger partial charge < -0.3 is 5.32 Å². The van der Waals surface area contributed by atoms with E-state index in [0.717, 1.165) is 6.67 Å². The minimum Gasteiger partial charge on any atom is -0.302 e. The molecule has 0 bridgehead atoms. The van der Waals surface area contributed by atoms with Crippen LogP contribution in [0.4, 0.5) is 0 Å². The second-order valence-corrected chi connectivity index (χ2v) is 3.96. The van der Waals surface area contributed by atoms with Gasteiger partial charge in [-0.2, -0.15) is 0 Å². The summed E-state index contributed by atoms with van der Waals surface area (Å²) in [6, 6.07) is 0.565. The zero-order valence-electron chi connectivity index (χ0n) is 7.78. The zero-order chi connectivity index (χ0) is 8.20. The molecule has 0 aromatic rings. The van der Waals surface area contributed by atoms with E-state index >= 15 is 0 Å². The largest absolute Gasteiger partial charge is 0.302 e. The van der Waals surface area contributed by atoms with Crippen molar-refractivity contribution >= 4 is 0 Å². The van der Waals surface area contributed by atoms with Crippen molar-refractivity contribution in [2.24, 2.45) is 0 Å². The minimum atomic E-state index is 0.224. The van der Waals surface area contributed by atoms with Crippen LogP contribution in [-0.2, 0) is 0 Å². The van der Waals surface area contributed by atoms with E-state index in [1.807, 2.05) is 0 Å². The first-order chi connectivity index (χ1) is 4.42. The van der Waals surface area contributed by atoms with E-state index in [9.17, 15) is 0 Å². The molecule has 0 atom stereocenters. The van der Waals surface area contributed by atoms with Crippen molar-refractivity contribution in [3.05, 3.63) is 0 Å². The third kappa shape index (κ3) is 7.92. The van der Waals surface area contributed by atoms with Crippen molar-refractivity contribution in [3.8, 4) is 0 Å². The van der Waals surface area contributed by atoms with Gasteiger partial charge in [0.1, 0.15) is 0 Å². The Bertz CT molecular complexity index is 81.7. The molecule has 0 saturated carbocycles. The quantitative estimate of drug-likeness (QED) is 0.584. The van der Waals surface area contributed by atoms with E-state index in [1.54, 1.807) is 0 Å². The van der Waals surface area contributed by atoms with Gasteiger partial charge in [-0.15, -0.1) is 0 Å². The molecule has 10 heavy (non-hydrogen) atoms. The van der Waals surface area contributed by atoms with Gasteiger partial charge in [0, 0.05) is 18.2 Å². The molecule has 0 unspecified atom stereocenters. The van der Waals surface area contributed by atoms with Crippen LogP contribution in [0.5, 0.6) is 0 Å². The Morgan fingerprint density at radius 1 is 1.20 bits per heavy atom. The van der Waals surface area contributed by atoms with Gasteiger partial charge in [-0.05, 0) is 34.6 Å². The van der Waals surface area contributed by atoms with Gasteiger partial charge in [-0.3, -0.25) is 5.32 Å². The normalized spacial score (nSPS) is 12.6. The molecule has 0 amide bonds. The molecule has 2 N–H and O–H groups in total. The molecule has 0 aliphatic carbocycles. The number of rotatable bonds is 3. The lowest BCUT2D eigenvalue weighted by Gasteiger charge is -2.21. The first-order valence-electron chi connectivity index (χ1n) is 3.90. The Balaban J connectivity index is 3.21. The van der Waals surface area contributed by atoms with Crippen LogP contribution in [0, 0.1) is 0 Å². The van der Waals surface area contributed by atoms with Crippen LogP contribution in [0.2, 0.25) is 0 Å². The van der Waals surface area contributed by atoms with E-state index in [4.69, 9.17) is 0 Å². The van der Waals surface area contributed by atoms with Crippen molar-refractivity contribution in [2.75, 3.05) is 6.67 Å². The maximum absolute atomic E-state index is 3.34. The molecule has 0 rings (SSSR count). The summed E-state index contributed by atoms with van der Waals surface area (Å²) in [5.41, 5.74) is 0.224. The summed E-state index contributed by atoms with van der Waals surface area (Å²) in [5.74, 6) is 0.